The van der Waals surface area contributed by atoms with Gasteiger partial charge in [-0.2, -0.15) is 0 Å². The lowest BCUT2D eigenvalue weighted by atomic mass is 10.2. The molecule has 25 heavy (non-hydrogen) atoms. The van der Waals surface area contributed by atoms with Gasteiger partial charge in [-0.15, -0.1) is 0 Å². The van der Waals surface area contributed by atoms with Crippen molar-refractivity contribution in [3.8, 4) is 11.5 Å². The number of ether oxygens (including phenoxy) is 2. The van der Waals surface area contributed by atoms with Crippen molar-refractivity contribution in [2.75, 3.05) is 11.9 Å². The van der Waals surface area contributed by atoms with Gasteiger partial charge >= 0.3 is 0 Å². The number of hydrogen-bond donors (Lipinski definition) is 1. The van der Waals surface area contributed by atoms with Gasteiger partial charge in [0.05, 0.1) is 17.2 Å². The van der Waals surface area contributed by atoms with Crippen LogP contribution in [0.25, 0.3) is 0 Å². The Balaban J connectivity index is 2.06. The Kier molecular flexibility index (Phi) is 6.88. The van der Waals surface area contributed by atoms with Crippen LogP contribution in [0.15, 0.2) is 46.9 Å². The largest absolute Gasteiger partial charge is 0.493 e. The van der Waals surface area contributed by atoms with Crippen molar-refractivity contribution in [1.82, 2.24) is 0 Å². The van der Waals surface area contributed by atoms with Crippen molar-refractivity contribution in [1.29, 1.82) is 0 Å². The fourth-order valence-electron chi connectivity index (χ4n) is 2.12. The van der Waals surface area contributed by atoms with E-state index in [1.807, 2.05) is 38.1 Å². The van der Waals surface area contributed by atoms with E-state index in [-0.39, 0.29) is 12.0 Å². The maximum Gasteiger partial charge on any atom is 0.255 e. The topological polar surface area (TPSA) is 47.6 Å². The predicted molar refractivity (Wildman–Crippen MR) is 105 cm³/mol. The molecule has 0 radical (unpaired) electrons. The zero-order valence-electron chi connectivity index (χ0n) is 15.0. The molecule has 2 aromatic carbocycles. The van der Waals surface area contributed by atoms with Crippen LogP contribution in [0.4, 0.5) is 5.69 Å². The van der Waals surface area contributed by atoms with Crippen LogP contribution in [-0.2, 0) is 0 Å². The smallest absolute Gasteiger partial charge is 0.255 e. The van der Waals surface area contributed by atoms with Crippen LogP contribution in [-0.4, -0.2) is 18.6 Å². The van der Waals surface area contributed by atoms with Crippen LogP contribution in [0, 0.1) is 5.92 Å². The summed E-state index contributed by atoms with van der Waals surface area (Å²) >= 11 is 3.45. The van der Waals surface area contributed by atoms with E-state index in [0.29, 0.717) is 23.8 Å². The molecule has 0 spiro atoms. The highest BCUT2D eigenvalue weighted by Gasteiger charge is 2.11. The normalized spacial score (nSPS) is 10.8. The summed E-state index contributed by atoms with van der Waals surface area (Å²) in [6.45, 7) is 8.75. The molecular formula is C20H24BrNO3. The Labute approximate surface area is 157 Å². The fourth-order valence-corrected chi connectivity index (χ4v) is 2.59. The Morgan fingerprint density at radius 1 is 1.12 bits per heavy atom. The zero-order chi connectivity index (χ0) is 18.4. The van der Waals surface area contributed by atoms with Crippen LogP contribution >= 0.6 is 15.9 Å². The summed E-state index contributed by atoms with van der Waals surface area (Å²) in [6, 6.07) is 12.7. The number of halogens is 1. The van der Waals surface area contributed by atoms with Crippen molar-refractivity contribution in [2.24, 2.45) is 5.92 Å². The lowest BCUT2D eigenvalue weighted by Gasteiger charge is -2.13. The highest BCUT2D eigenvalue weighted by Crippen LogP contribution is 2.27. The maximum absolute atomic E-state index is 12.5. The highest BCUT2D eigenvalue weighted by molar-refractivity contribution is 9.10. The average molecular weight is 406 g/mol. The first kappa shape index (κ1) is 19.3. The van der Waals surface area contributed by atoms with Crippen molar-refractivity contribution in [2.45, 2.75) is 33.8 Å². The quantitative estimate of drug-likeness (QED) is 0.658. The van der Waals surface area contributed by atoms with Crippen LogP contribution in [0.5, 0.6) is 11.5 Å². The van der Waals surface area contributed by atoms with Crippen LogP contribution in [0.1, 0.15) is 38.1 Å². The molecule has 0 aliphatic heterocycles. The summed E-state index contributed by atoms with van der Waals surface area (Å²) in [6.07, 6.45) is 0.0737. The van der Waals surface area contributed by atoms with Gasteiger partial charge in [-0.3, -0.25) is 4.79 Å². The molecule has 5 heteroatoms. The Morgan fingerprint density at radius 2 is 1.88 bits per heavy atom. The molecule has 0 fully saturated rings. The van der Waals surface area contributed by atoms with E-state index < -0.39 is 0 Å². The van der Waals surface area contributed by atoms with Crippen molar-refractivity contribution in [3.05, 3.63) is 52.5 Å². The van der Waals surface area contributed by atoms with E-state index >= 15 is 0 Å². The lowest BCUT2D eigenvalue weighted by Crippen LogP contribution is -2.13. The van der Waals surface area contributed by atoms with E-state index in [4.69, 9.17) is 9.47 Å². The summed E-state index contributed by atoms with van der Waals surface area (Å²) in [5.41, 5.74) is 1.25. The van der Waals surface area contributed by atoms with Gasteiger partial charge in [-0.05, 0) is 66.0 Å². The fraction of sp³-hybridized carbons (Fsp3) is 0.350. The predicted octanol–water partition coefficient (Wildman–Crippen LogP) is 5.52. The second-order valence-electron chi connectivity index (χ2n) is 6.50. The van der Waals surface area contributed by atoms with E-state index in [2.05, 4.69) is 35.1 Å². The third-order valence-electron chi connectivity index (χ3n) is 3.23. The minimum Gasteiger partial charge on any atom is -0.493 e. The monoisotopic (exact) mass is 405 g/mol. The number of benzene rings is 2. The summed E-state index contributed by atoms with van der Waals surface area (Å²) in [4.78, 5) is 12.5. The number of amides is 1. The first-order valence-corrected chi connectivity index (χ1v) is 9.15. The Morgan fingerprint density at radius 3 is 2.52 bits per heavy atom. The second-order valence-corrected chi connectivity index (χ2v) is 7.35. The van der Waals surface area contributed by atoms with Gasteiger partial charge in [0, 0.05) is 17.3 Å². The molecular weight excluding hydrogens is 382 g/mol. The SMILES string of the molecule is CC(C)COc1cccc(NC(=O)c2ccc(OC(C)C)c(Br)c2)c1. The summed E-state index contributed by atoms with van der Waals surface area (Å²) in [7, 11) is 0. The van der Waals surface area contributed by atoms with Gasteiger partial charge in [-0.25, -0.2) is 0 Å². The average Bonchev–Trinajstić information content (AvgIpc) is 2.54. The molecule has 0 unspecified atom stereocenters. The van der Waals surface area contributed by atoms with Gasteiger partial charge in [0.15, 0.2) is 0 Å². The number of carbonyl (C=O) groups is 1. The molecule has 0 aliphatic rings. The molecule has 4 nitrogen and oxygen atoms in total. The van der Waals surface area contributed by atoms with E-state index in [0.717, 1.165) is 16.0 Å². The molecule has 2 rings (SSSR count). The Hall–Kier alpha value is -2.01. The van der Waals surface area contributed by atoms with Gasteiger partial charge in [-0.1, -0.05) is 19.9 Å². The van der Waals surface area contributed by atoms with Gasteiger partial charge in [0.1, 0.15) is 11.5 Å². The molecule has 0 saturated heterocycles. The minimum absolute atomic E-state index is 0.0737. The van der Waals surface area contributed by atoms with Crippen LogP contribution < -0.4 is 14.8 Å². The van der Waals surface area contributed by atoms with Crippen molar-refractivity contribution >= 4 is 27.5 Å². The zero-order valence-corrected chi connectivity index (χ0v) is 16.6. The summed E-state index contributed by atoms with van der Waals surface area (Å²) in [5, 5.41) is 2.89. The van der Waals surface area contributed by atoms with E-state index in [1.165, 1.54) is 0 Å². The van der Waals surface area contributed by atoms with E-state index in [9.17, 15) is 4.79 Å². The van der Waals surface area contributed by atoms with Crippen LogP contribution in [0.2, 0.25) is 0 Å². The van der Waals surface area contributed by atoms with Crippen molar-refractivity contribution in [3.63, 3.8) is 0 Å². The second kappa shape index (κ2) is 8.90. The van der Waals surface area contributed by atoms with Crippen molar-refractivity contribution < 1.29 is 14.3 Å². The van der Waals surface area contributed by atoms with Gasteiger partial charge < -0.3 is 14.8 Å². The molecule has 0 atom stereocenters. The van der Waals surface area contributed by atoms with Gasteiger partial charge in [0.2, 0.25) is 0 Å². The molecule has 1 N–H and O–H groups in total. The molecule has 1 amide bonds. The number of nitrogens with one attached hydrogen (secondary N) is 1. The highest BCUT2D eigenvalue weighted by atomic mass is 79.9. The number of carbonyl (C=O) groups excluding carboxylic acids is 1. The van der Waals surface area contributed by atoms with E-state index in [1.54, 1.807) is 18.2 Å². The maximum atomic E-state index is 12.5. The number of hydrogen-bond acceptors (Lipinski definition) is 3. The summed E-state index contributed by atoms with van der Waals surface area (Å²) < 4.78 is 12.1. The third kappa shape index (κ3) is 6.09. The minimum atomic E-state index is -0.183. The molecule has 0 aliphatic carbocycles. The molecule has 0 bridgehead atoms. The number of rotatable bonds is 7. The molecule has 0 heterocycles. The lowest BCUT2D eigenvalue weighted by molar-refractivity contribution is 0.102. The molecule has 134 valence electrons. The Bertz CT molecular complexity index is 729. The number of anilines is 1. The van der Waals surface area contributed by atoms with Crippen LogP contribution in [0.3, 0.4) is 0 Å². The molecule has 0 saturated carbocycles. The van der Waals surface area contributed by atoms with Gasteiger partial charge in [0.25, 0.3) is 5.91 Å². The third-order valence-corrected chi connectivity index (χ3v) is 3.85. The standard InChI is InChI=1S/C20H24BrNO3/c1-13(2)12-24-17-7-5-6-16(11-17)22-20(23)15-8-9-19(18(21)10-15)25-14(3)4/h5-11,13-14H,12H2,1-4H3,(H,22,23). The summed E-state index contributed by atoms with van der Waals surface area (Å²) in [5.74, 6) is 1.73. The molecule has 2 aromatic rings. The first-order valence-electron chi connectivity index (χ1n) is 8.35. The first-order chi connectivity index (χ1) is 11.8. The molecule has 0 aromatic heterocycles.